The van der Waals surface area contributed by atoms with Crippen LogP contribution >= 0.6 is 0 Å². The van der Waals surface area contributed by atoms with E-state index in [0.717, 1.165) is 46.5 Å². The highest BCUT2D eigenvalue weighted by molar-refractivity contribution is 6.74. The summed E-state index contributed by atoms with van der Waals surface area (Å²) in [5.74, 6) is 1.71. The van der Waals surface area contributed by atoms with Crippen molar-refractivity contribution in [2.45, 2.75) is 91.0 Å². The summed E-state index contributed by atoms with van der Waals surface area (Å²) in [6.07, 6.45) is 7.09. The molecular weight excluding hydrogens is 422 g/mol. The van der Waals surface area contributed by atoms with Crippen LogP contribution in [0.25, 0.3) is 10.9 Å². The van der Waals surface area contributed by atoms with Crippen LogP contribution in [0.2, 0.25) is 18.1 Å². The fourth-order valence-electron chi connectivity index (χ4n) is 3.66. The molecule has 0 saturated carbocycles. The number of aromatic nitrogens is 1. The van der Waals surface area contributed by atoms with Gasteiger partial charge in [0.15, 0.2) is 11.5 Å². The third-order valence-corrected chi connectivity index (χ3v) is 11.1. The third kappa shape index (κ3) is 6.60. The maximum Gasteiger partial charge on any atom is 0.250 e. The Kier molecular flexibility index (Phi) is 8.58. The molecule has 0 fully saturated rings. The lowest BCUT2D eigenvalue weighted by Gasteiger charge is -2.37. The maximum atomic E-state index is 6.95. The summed E-state index contributed by atoms with van der Waals surface area (Å²) >= 11 is 0. The van der Waals surface area contributed by atoms with Gasteiger partial charge in [-0.25, -0.2) is 4.98 Å². The number of aryl methyl sites for hydroxylation is 1. The molecule has 4 heteroatoms. The Morgan fingerprint density at radius 3 is 2.18 bits per heavy atom. The predicted molar refractivity (Wildman–Crippen MR) is 143 cm³/mol. The van der Waals surface area contributed by atoms with Crippen molar-refractivity contribution < 1.29 is 9.16 Å². The number of benzene rings is 2. The van der Waals surface area contributed by atoms with Crippen molar-refractivity contribution in [1.29, 1.82) is 0 Å². The Morgan fingerprint density at radius 2 is 1.48 bits per heavy atom. The van der Waals surface area contributed by atoms with Gasteiger partial charge in [-0.05, 0) is 48.7 Å². The van der Waals surface area contributed by atoms with Gasteiger partial charge in [-0.2, -0.15) is 0 Å². The molecule has 3 nitrogen and oxygen atoms in total. The molecule has 0 unspecified atom stereocenters. The van der Waals surface area contributed by atoms with Crippen molar-refractivity contribution in [3.63, 3.8) is 0 Å². The van der Waals surface area contributed by atoms with Gasteiger partial charge in [-0.15, -0.1) is 0 Å². The fraction of sp³-hybridized carbons (Fsp3) is 0.483. The average molecular weight is 464 g/mol. The van der Waals surface area contributed by atoms with Crippen molar-refractivity contribution in [3.8, 4) is 11.5 Å². The molecule has 3 aromatic rings. The van der Waals surface area contributed by atoms with E-state index >= 15 is 0 Å². The molecular formula is C29H41NO2Si. The summed E-state index contributed by atoms with van der Waals surface area (Å²) < 4.78 is 13.5. The molecule has 0 aliphatic heterocycles. The predicted octanol–water partition coefficient (Wildman–Crippen LogP) is 8.71. The van der Waals surface area contributed by atoms with Crippen molar-refractivity contribution in [2.75, 3.05) is 0 Å². The Hall–Kier alpha value is -2.33. The van der Waals surface area contributed by atoms with Gasteiger partial charge in [0.05, 0.1) is 11.2 Å². The number of ether oxygens (including phenoxy) is 1. The molecule has 2 aromatic carbocycles. The second-order valence-corrected chi connectivity index (χ2v) is 15.3. The molecule has 0 N–H and O–H groups in total. The first-order valence-electron chi connectivity index (χ1n) is 12.5. The van der Waals surface area contributed by atoms with Crippen LogP contribution in [0.3, 0.4) is 0 Å². The molecule has 178 valence electrons. The van der Waals surface area contributed by atoms with E-state index in [-0.39, 0.29) is 5.04 Å². The lowest BCUT2D eigenvalue weighted by Crippen LogP contribution is -2.44. The molecule has 0 saturated heterocycles. The lowest BCUT2D eigenvalue weighted by molar-refractivity contribution is 0.297. The Labute approximate surface area is 201 Å². The quantitative estimate of drug-likeness (QED) is 0.210. The number of pyridine rings is 1. The van der Waals surface area contributed by atoms with Crippen LogP contribution in [0.4, 0.5) is 0 Å². The van der Waals surface area contributed by atoms with Crippen molar-refractivity contribution >= 4 is 19.2 Å². The van der Waals surface area contributed by atoms with Gasteiger partial charge < -0.3 is 9.16 Å². The molecule has 0 aliphatic rings. The van der Waals surface area contributed by atoms with Gasteiger partial charge >= 0.3 is 0 Å². The van der Waals surface area contributed by atoms with E-state index in [4.69, 9.17) is 14.1 Å². The highest BCUT2D eigenvalue weighted by atomic mass is 28.4. The zero-order valence-corrected chi connectivity index (χ0v) is 22.4. The van der Waals surface area contributed by atoms with Gasteiger partial charge in [0, 0.05) is 5.39 Å². The number of fused-ring (bicyclic) bond motifs is 1. The van der Waals surface area contributed by atoms with E-state index in [1.165, 1.54) is 25.7 Å². The van der Waals surface area contributed by atoms with Crippen molar-refractivity contribution in [1.82, 2.24) is 4.98 Å². The summed E-state index contributed by atoms with van der Waals surface area (Å²) in [5.41, 5.74) is 3.17. The second-order valence-electron chi connectivity index (χ2n) is 10.5. The summed E-state index contributed by atoms with van der Waals surface area (Å²) in [5, 5.41) is 1.12. The summed E-state index contributed by atoms with van der Waals surface area (Å²) in [4.78, 5) is 5.09. The number of unbranched alkanes of at least 4 members (excludes halogenated alkanes) is 4. The number of hydrogen-bond donors (Lipinski definition) is 0. The molecule has 33 heavy (non-hydrogen) atoms. The van der Waals surface area contributed by atoms with E-state index in [2.05, 4.69) is 89.3 Å². The SMILES string of the molecule is CCCCCCCc1nc2ccccc2c(OCc2ccccc2)c1O[Si](C)(C)C(C)(C)C. The van der Waals surface area contributed by atoms with Crippen LogP contribution in [0.1, 0.15) is 71.1 Å². The first-order chi connectivity index (χ1) is 15.7. The minimum absolute atomic E-state index is 0.0910. The number of nitrogens with zero attached hydrogens (tertiary/aromatic N) is 1. The molecule has 1 aromatic heterocycles. The highest BCUT2D eigenvalue weighted by Gasteiger charge is 2.40. The molecule has 1 heterocycles. The van der Waals surface area contributed by atoms with Gasteiger partial charge in [0.25, 0.3) is 8.32 Å². The monoisotopic (exact) mass is 463 g/mol. The largest absolute Gasteiger partial charge is 0.540 e. The minimum atomic E-state index is -2.08. The van der Waals surface area contributed by atoms with Gasteiger partial charge in [-0.1, -0.05) is 95.8 Å². The van der Waals surface area contributed by atoms with Gasteiger partial charge in [0.1, 0.15) is 6.61 Å². The fourth-order valence-corrected chi connectivity index (χ4v) is 4.69. The first-order valence-corrected chi connectivity index (χ1v) is 15.4. The van der Waals surface area contributed by atoms with Crippen LogP contribution in [-0.4, -0.2) is 13.3 Å². The summed E-state index contributed by atoms with van der Waals surface area (Å²) in [6.45, 7) is 14.2. The maximum absolute atomic E-state index is 6.95. The van der Waals surface area contributed by atoms with E-state index in [0.29, 0.717) is 6.61 Å². The van der Waals surface area contributed by atoms with Crippen molar-refractivity contribution in [2.24, 2.45) is 0 Å². The average Bonchev–Trinajstić information content (AvgIpc) is 2.78. The summed E-state index contributed by atoms with van der Waals surface area (Å²) in [6, 6.07) is 18.6. The van der Waals surface area contributed by atoms with Crippen LogP contribution < -0.4 is 9.16 Å². The molecule has 0 radical (unpaired) electrons. The molecule has 0 amide bonds. The zero-order valence-electron chi connectivity index (χ0n) is 21.4. The van der Waals surface area contributed by atoms with Crippen LogP contribution in [0, 0.1) is 0 Å². The Morgan fingerprint density at radius 1 is 0.818 bits per heavy atom. The minimum Gasteiger partial charge on any atom is -0.540 e. The van der Waals surface area contributed by atoms with Crippen LogP contribution in [0.5, 0.6) is 11.5 Å². The molecule has 3 rings (SSSR count). The number of hydrogen-bond acceptors (Lipinski definition) is 3. The van der Waals surface area contributed by atoms with E-state index < -0.39 is 8.32 Å². The van der Waals surface area contributed by atoms with Crippen molar-refractivity contribution in [3.05, 3.63) is 65.9 Å². The smallest absolute Gasteiger partial charge is 0.250 e. The second kappa shape index (κ2) is 11.2. The van der Waals surface area contributed by atoms with Gasteiger partial charge in [0.2, 0.25) is 0 Å². The van der Waals surface area contributed by atoms with Crippen LogP contribution in [0.15, 0.2) is 54.6 Å². The normalized spacial score (nSPS) is 12.2. The molecule has 0 bridgehead atoms. The zero-order chi connectivity index (χ0) is 23.9. The van der Waals surface area contributed by atoms with Gasteiger partial charge in [-0.3, -0.25) is 0 Å². The lowest BCUT2D eigenvalue weighted by atomic mass is 10.1. The Bertz CT molecular complexity index is 1020. The van der Waals surface area contributed by atoms with Crippen LogP contribution in [-0.2, 0) is 13.0 Å². The van der Waals surface area contributed by atoms with E-state index in [1.807, 2.05) is 6.07 Å². The number of para-hydroxylation sites is 1. The summed E-state index contributed by atoms with van der Waals surface area (Å²) in [7, 11) is -2.08. The van der Waals surface area contributed by atoms with E-state index in [1.54, 1.807) is 0 Å². The molecule has 0 atom stereocenters. The highest BCUT2D eigenvalue weighted by Crippen LogP contribution is 2.44. The topological polar surface area (TPSA) is 31.4 Å². The Balaban J connectivity index is 2.03. The first kappa shape index (κ1) is 25.3. The third-order valence-electron chi connectivity index (χ3n) is 6.78. The molecule has 0 spiro atoms. The molecule has 0 aliphatic carbocycles. The number of rotatable bonds is 11. The van der Waals surface area contributed by atoms with E-state index in [9.17, 15) is 0 Å². The standard InChI is InChI=1S/C29H41NO2Si/c1-7-8-9-10-14-21-26-28(32-33(5,6)29(2,3)4)27(24-19-15-16-20-25(24)30-26)31-22-23-17-12-11-13-18-23/h11-13,15-20H,7-10,14,21-22H2,1-6H3.